The summed E-state index contributed by atoms with van der Waals surface area (Å²) in [6, 6.07) is 0. The van der Waals surface area contributed by atoms with E-state index >= 15 is 0 Å². The minimum absolute atomic E-state index is 0.0924. The number of rotatable bonds is 1. The molecule has 3 aliphatic rings. The summed E-state index contributed by atoms with van der Waals surface area (Å²) >= 11 is 0. The van der Waals surface area contributed by atoms with E-state index in [2.05, 4.69) is 32.9 Å². The minimum atomic E-state index is -0.141. The monoisotopic (exact) mass is 222 g/mol. The van der Waals surface area contributed by atoms with Crippen LogP contribution in [0.4, 0.5) is 0 Å². The Hall–Kier alpha value is -0.340. The molecule has 0 aromatic heterocycles. The molecule has 2 fully saturated rings. The summed E-state index contributed by atoms with van der Waals surface area (Å²) in [5, 5.41) is 10.2. The molecule has 0 saturated heterocycles. The lowest BCUT2D eigenvalue weighted by atomic mass is 9.84. The van der Waals surface area contributed by atoms with Gasteiger partial charge in [0, 0.05) is 6.42 Å². The second-order valence-electron chi connectivity index (χ2n) is 6.67. The van der Waals surface area contributed by atoms with Gasteiger partial charge in [0.15, 0.2) is 0 Å². The van der Waals surface area contributed by atoms with Crippen molar-refractivity contribution in [2.75, 3.05) is 0 Å². The van der Waals surface area contributed by atoms with Crippen LogP contribution in [0.3, 0.4) is 0 Å². The van der Waals surface area contributed by atoms with E-state index in [1.807, 2.05) is 0 Å². The van der Waals surface area contributed by atoms with Gasteiger partial charge in [-0.3, -0.25) is 0 Å². The second-order valence-corrected chi connectivity index (χ2v) is 6.67. The zero-order chi connectivity index (χ0) is 11.5. The van der Waals surface area contributed by atoms with Crippen molar-refractivity contribution < 1.29 is 9.84 Å². The molecule has 6 atom stereocenters. The first-order valence-corrected chi connectivity index (χ1v) is 6.50. The predicted molar refractivity (Wildman–Crippen MR) is 63.0 cm³/mol. The summed E-state index contributed by atoms with van der Waals surface area (Å²) in [5.41, 5.74) is -0.0924. The molecule has 0 spiro atoms. The normalized spacial score (nSPS) is 50.0. The van der Waals surface area contributed by atoms with Crippen LogP contribution in [0, 0.1) is 23.7 Å². The third-order valence-corrected chi connectivity index (χ3v) is 4.44. The number of allylic oxidation sites excluding steroid dienone is 2. The smallest absolute Gasteiger partial charge is 0.0644 e. The van der Waals surface area contributed by atoms with Gasteiger partial charge in [0.05, 0.1) is 17.8 Å². The number of fused-ring (bicyclic) bond motifs is 5. The van der Waals surface area contributed by atoms with Gasteiger partial charge in [0.1, 0.15) is 0 Å². The number of aliphatic hydroxyl groups is 1. The molecule has 0 amide bonds. The van der Waals surface area contributed by atoms with Crippen LogP contribution in [0.2, 0.25) is 0 Å². The predicted octanol–water partition coefficient (Wildman–Crippen LogP) is 2.37. The molecule has 0 unspecified atom stereocenters. The zero-order valence-electron chi connectivity index (χ0n) is 10.4. The summed E-state index contributed by atoms with van der Waals surface area (Å²) in [6.07, 6.45) is 6.87. The molecule has 3 rings (SSSR count). The molecule has 0 aromatic carbocycles. The Morgan fingerprint density at radius 3 is 2.31 bits per heavy atom. The van der Waals surface area contributed by atoms with Gasteiger partial charge in [0.25, 0.3) is 0 Å². The van der Waals surface area contributed by atoms with Crippen LogP contribution >= 0.6 is 0 Å². The van der Waals surface area contributed by atoms with Crippen molar-refractivity contribution >= 4 is 0 Å². The molecular formula is C14H22O2. The van der Waals surface area contributed by atoms with Gasteiger partial charge in [-0.2, -0.15) is 0 Å². The van der Waals surface area contributed by atoms with Crippen LogP contribution in [0.15, 0.2) is 12.2 Å². The Labute approximate surface area is 97.7 Å². The first kappa shape index (κ1) is 10.8. The van der Waals surface area contributed by atoms with Crippen LogP contribution in [0.1, 0.15) is 33.6 Å². The average molecular weight is 222 g/mol. The Morgan fingerprint density at radius 1 is 1.06 bits per heavy atom. The summed E-state index contributed by atoms with van der Waals surface area (Å²) in [5.74, 6) is 2.34. The Bertz CT molecular complexity index is 315. The second kappa shape index (κ2) is 3.33. The van der Waals surface area contributed by atoms with Crippen LogP contribution in [0.25, 0.3) is 0 Å². The number of hydrogen-bond acceptors (Lipinski definition) is 2. The van der Waals surface area contributed by atoms with Crippen LogP contribution in [0.5, 0.6) is 0 Å². The lowest BCUT2D eigenvalue weighted by Gasteiger charge is -2.31. The first-order valence-electron chi connectivity index (χ1n) is 6.50. The maximum absolute atomic E-state index is 10.2. The highest BCUT2D eigenvalue weighted by atomic mass is 16.5. The van der Waals surface area contributed by atoms with Gasteiger partial charge in [-0.25, -0.2) is 0 Å². The van der Waals surface area contributed by atoms with Crippen molar-refractivity contribution in [2.24, 2.45) is 23.7 Å². The molecule has 90 valence electrons. The van der Waals surface area contributed by atoms with E-state index in [1.54, 1.807) is 0 Å². The van der Waals surface area contributed by atoms with E-state index in [9.17, 15) is 5.11 Å². The summed E-state index contributed by atoms with van der Waals surface area (Å²) in [7, 11) is 0. The Balaban J connectivity index is 1.80. The quantitative estimate of drug-likeness (QED) is 0.690. The lowest BCUT2D eigenvalue weighted by Crippen LogP contribution is -2.33. The fourth-order valence-corrected chi connectivity index (χ4v) is 4.10. The van der Waals surface area contributed by atoms with Gasteiger partial charge in [-0.1, -0.05) is 12.2 Å². The van der Waals surface area contributed by atoms with E-state index in [1.165, 1.54) is 6.42 Å². The minimum Gasteiger partial charge on any atom is -0.393 e. The number of ether oxygens (including phenoxy) is 1. The molecule has 3 aliphatic carbocycles. The molecule has 2 heteroatoms. The van der Waals surface area contributed by atoms with Crippen molar-refractivity contribution in [3.05, 3.63) is 12.2 Å². The molecule has 0 aliphatic heterocycles. The maximum atomic E-state index is 10.2. The highest BCUT2D eigenvalue weighted by molar-refractivity contribution is 5.19. The molecule has 0 aromatic rings. The molecular weight excluding hydrogens is 200 g/mol. The molecule has 2 saturated carbocycles. The van der Waals surface area contributed by atoms with Crippen molar-refractivity contribution in [1.29, 1.82) is 0 Å². The highest BCUT2D eigenvalue weighted by Crippen LogP contribution is 2.56. The van der Waals surface area contributed by atoms with Crippen molar-refractivity contribution in [2.45, 2.75) is 51.4 Å². The van der Waals surface area contributed by atoms with Crippen LogP contribution < -0.4 is 0 Å². The van der Waals surface area contributed by atoms with Gasteiger partial charge in [-0.15, -0.1) is 0 Å². The van der Waals surface area contributed by atoms with Crippen LogP contribution in [-0.4, -0.2) is 22.9 Å². The molecule has 0 radical (unpaired) electrons. The molecule has 16 heavy (non-hydrogen) atoms. The molecule has 2 nitrogen and oxygen atoms in total. The zero-order valence-corrected chi connectivity index (χ0v) is 10.4. The van der Waals surface area contributed by atoms with E-state index in [4.69, 9.17) is 4.74 Å². The average Bonchev–Trinajstić information content (AvgIpc) is 2.76. The highest BCUT2D eigenvalue weighted by Gasteiger charge is 2.56. The van der Waals surface area contributed by atoms with E-state index in [0.717, 1.165) is 6.42 Å². The summed E-state index contributed by atoms with van der Waals surface area (Å²) in [6.45, 7) is 6.32. The van der Waals surface area contributed by atoms with Gasteiger partial charge >= 0.3 is 0 Å². The van der Waals surface area contributed by atoms with Gasteiger partial charge < -0.3 is 9.84 Å². The lowest BCUT2D eigenvalue weighted by molar-refractivity contribution is -0.0829. The van der Waals surface area contributed by atoms with E-state index < -0.39 is 0 Å². The Kier molecular flexibility index (Phi) is 2.25. The number of hydrogen-bond donors (Lipinski definition) is 1. The van der Waals surface area contributed by atoms with Crippen LogP contribution in [-0.2, 0) is 4.74 Å². The third-order valence-electron chi connectivity index (χ3n) is 4.44. The SMILES string of the molecule is CC(C)(C)O[C@@H]1C[C@H](O)[C@H]2[C@@H]1[C@H]1C=C[C@@H]2C1. The standard InChI is InChI=1S/C14H22O2/c1-14(2,3)16-11-7-10(15)12-8-4-5-9(6-8)13(11)12/h4-5,8-13,15H,6-7H2,1-3H3/t8-,9+,10+,11-,12+,13-/m1/s1. The van der Waals surface area contributed by atoms with Crippen molar-refractivity contribution in [3.63, 3.8) is 0 Å². The fraction of sp³-hybridized carbons (Fsp3) is 0.857. The Morgan fingerprint density at radius 2 is 1.69 bits per heavy atom. The maximum Gasteiger partial charge on any atom is 0.0644 e. The molecule has 0 heterocycles. The topological polar surface area (TPSA) is 29.5 Å². The number of aliphatic hydroxyl groups excluding tert-OH is 1. The van der Waals surface area contributed by atoms with Gasteiger partial charge in [0.2, 0.25) is 0 Å². The molecule has 2 bridgehead atoms. The van der Waals surface area contributed by atoms with Gasteiger partial charge in [-0.05, 0) is 50.9 Å². The molecule has 1 N–H and O–H groups in total. The summed E-state index contributed by atoms with van der Waals surface area (Å²) < 4.78 is 6.14. The third kappa shape index (κ3) is 1.54. The fourth-order valence-electron chi connectivity index (χ4n) is 4.10. The summed E-state index contributed by atoms with van der Waals surface area (Å²) in [4.78, 5) is 0. The van der Waals surface area contributed by atoms with Crippen molar-refractivity contribution in [3.8, 4) is 0 Å². The first-order chi connectivity index (χ1) is 7.46. The van der Waals surface area contributed by atoms with E-state index in [-0.39, 0.29) is 17.8 Å². The largest absolute Gasteiger partial charge is 0.393 e. The van der Waals surface area contributed by atoms with Crippen molar-refractivity contribution in [1.82, 2.24) is 0 Å². The van der Waals surface area contributed by atoms with E-state index in [0.29, 0.717) is 23.7 Å².